The van der Waals surface area contributed by atoms with E-state index in [2.05, 4.69) is 5.32 Å². The second kappa shape index (κ2) is 6.52. The molecule has 28 heavy (non-hydrogen) atoms. The van der Waals surface area contributed by atoms with Gasteiger partial charge in [-0.2, -0.15) is 0 Å². The van der Waals surface area contributed by atoms with Gasteiger partial charge in [0.1, 0.15) is 5.82 Å². The minimum absolute atomic E-state index is 0.0479. The topological polar surface area (TPSA) is 135 Å². The second-order valence-corrected chi connectivity index (χ2v) is 6.83. The van der Waals surface area contributed by atoms with Crippen molar-refractivity contribution in [2.75, 3.05) is 23.7 Å². The van der Waals surface area contributed by atoms with E-state index in [4.69, 9.17) is 5.73 Å². The number of hydrogen-bond donors (Lipinski definition) is 3. The van der Waals surface area contributed by atoms with Crippen LogP contribution >= 0.6 is 0 Å². The number of amides is 2. The molecule has 0 saturated carbocycles. The zero-order valence-corrected chi connectivity index (χ0v) is 14.9. The van der Waals surface area contributed by atoms with Crippen LogP contribution in [-0.2, 0) is 0 Å². The number of fused-ring (bicyclic) bond motifs is 1. The maximum Gasteiger partial charge on any atom is 0.337 e. The van der Waals surface area contributed by atoms with Crippen LogP contribution in [0.4, 0.5) is 11.5 Å². The number of carboxylic acid groups (broad SMARTS) is 1. The molecule has 0 aliphatic carbocycles. The molecule has 0 unspecified atom stereocenters. The van der Waals surface area contributed by atoms with Crippen LogP contribution in [0.5, 0.6) is 0 Å². The zero-order valence-electron chi connectivity index (χ0n) is 14.9. The number of carbonyl (C=O) groups excluding carboxylic acids is 2. The van der Waals surface area contributed by atoms with Crippen LogP contribution in [0.1, 0.15) is 50.3 Å². The number of carbonyl (C=O) groups is 3. The number of nitrogen functional groups attached to an aromatic ring is 1. The first-order valence-corrected chi connectivity index (χ1v) is 8.92. The lowest BCUT2D eigenvalue weighted by Gasteiger charge is -2.30. The van der Waals surface area contributed by atoms with Crippen molar-refractivity contribution in [3.05, 3.63) is 51.3 Å². The van der Waals surface area contributed by atoms with Gasteiger partial charge in [0.05, 0.1) is 28.1 Å². The Hall–Kier alpha value is -3.62. The molecule has 9 nitrogen and oxygen atoms in total. The molecule has 1 aromatic carbocycles. The zero-order chi connectivity index (χ0) is 20.0. The lowest BCUT2D eigenvalue weighted by molar-refractivity contribution is 0.0696. The van der Waals surface area contributed by atoms with Crippen LogP contribution in [0, 0.1) is 0 Å². The van der Waals surface area contributed by atoms with Crippen LogP contribution in [0.3, 0.4) is 0 Å². The first-order chi connectivity index (χ1) is 13.4. The second-order valence-electron chi connectivity index (χ2n) is 6.83. The Morgan fingerprint density at radius 1 is 1.04 bits per heavy atom. The fraction of sp³-hybridized carbons (Fsp3) is 0.263. The number of piperidine rings is 1. The van der Waals surface area contributed by atoms with E-state index in [1.165, 1.54) is 6.07 Å². The predicted octanol–water partition coefficient (Wildman–Crippen LogP) is 0.992. The molecule has 9 heteroatoms. The fourth-order valence-corrected chi connectivity index (χ4v) is 3.79. The Balaban J connectivity index is 1.87. The number of nitrogens with one attached hydrogen (secondary N) is 1. The summed E-state index contributed by atoms with van der Waals surface area (Å²) in [6.45, 7) is 1.53. The third-order valence-corrected chi connectivity index (χ3v) is 5.12. The fourth-order valence-electron chi connectivity index (χ4n) is 3.79. The minimum atomic E-state index is -1.12. The molecule has 144 valence electrons. The van der Waals surface area contributed by atoms with Gasteiger partial charge in [0.2, 0.25) is 0 Å². The van der Waals surface area contributed by atoms with E-state index >= 15 is 0 Å². The number of aromatic nitrogens is 1. The van der Waals surface area contributed by atoms with Gasteiger partial charge in [-0.25, -0.2) is 4.79 Å². The highest BCUT2D eigenvalue weighted by atomic mass is 16.4. The van der Waals surface area contributed by atoms with Crippen molar-refractivity contribution in [1.29, 1.82) is 0 Å². The van der Waals surface area contributed by atoms with Crippen LogP contribution < -0.4 is 21.5 Å². The van der Waals surface area contributed by atoms with Gasteiger partial charge in [0, 0.05) is 19.2 Å². The van der Waals surface area contributed by atoms with Crippen molar-refractivity contribution in [2.45, 2.75) is 19.3 Å². The summed E-state index contributed by atoms with van der Waals surface area (Å²) in [6.07, 6.45) is 3.08. The normalized spacial score (nSPS) is 16.1. The molecule has 0 radical (unpaired) electrons. The number of nitrogens with two attached hydrogens (primary N) is 1. The van der Waals surface area contributed by atoms with E-state index in [1.807, 2.05) is 4.90 Å². The number of imide groups is 1. The molecule has 0 bridgehead atoms. The predicted molar refractivity (Wildman–Crippen MR) is 101 cm³/mol. The number of aromatic carboxylic acids is 1. The van der Waals surface area contributed by atoms with Crippen LogP contribution in [0.2, 0.25) is 0 Å². The van der Waals surface area contributed by atoms with Gasteiger partial charge in [-0.1, -0.05) is 0 Å². The lowest BCUT2D eigenvalue weighted by Crippen LogP contribution is -2.31. The number of anilines is 2. The minimum Gasteiger partial charge on any atom is -0.478 e. The van der Waals surface area contributed by atoms with Gasteiger partial charge in [-0.05, 0) is 37.5 Å². The number of hydrogen-bond acceptors (Lipinski definition) is 6. The molecule has 1 aromatic heterocycles. The molecule has 1 saturated heterocycles. The van der Waals surface area contributed by atoms with Crippen LogP contribution in [0.15, 0.2) is 29.1 Å². The van der Waals surface area contributed by atoms with Crippen molar-refractivity contribution in [3.63, 3.8) is 0 Å². The summed E-state index contributed by atoms with van der Waals surface area (Å²) in [4.78, 5) is 50.2. The summed E-state index contributed by atoms with van der Waals surface area (Å²) >= 11 is 0. The average molecular weight is 382 g/mol. The summed E-state index contributed by atoms with van der Waals surface area (Å²) in [5.41, 5.74) is 6.08. The molecule has 0 atom stereocenters. The van der Waals surface area contributed by atoms with E-state index in [-0.39, 0.29) is 28.2 Å². The van der Waals surface area contributed by atoms with Gasteiger partial charge in [0.15, 0.2) is 0 Å². The molecule has 3 heterocycles. The molecular weight excluding hydrogens is 364 g/mol. The summed E-state index contributed by atoms with van der Waals surface area (Å²) in [5.74, 6) is -2.69. The van der Waals surface area contributed by atoms with E-state index in [9.17, 15) is 24.3 Å². The van der Waals surface area contributed by atoms with Crippen molar-refractivity contribution in [2.24, 2.45) is 0 Å². The molecule has 0 spiro atoms. The van der Waals surface area contributed by atoms with E-state index in [1.54, 1.807) is 12.1 Å². The molecule has 4 N–H and O–H groups in total. The summed E-state index contributed by atoms with van der Waals surface area (Å²) in [7, 11) is 0. The Labute approximate surface area is 159 Å². The van der Waals surface area contributed by atoms with Gasteiger partial charge in [0.25, 0.3) is 17.4 Å². The number of benzene rings is 1. The Morgan fingerprint density at radius 3 is 2.43 bits per heavy atom. The third kappa shape index (κ3) is 2.72. The van der Waals surface area contributed by atoms with Crippen LogP contribution in [-0.4, -0.2) is 40.5 Å². The quantitative estimate of drug-likeness (QED) is 0.674. The van der Waals surface area contributed by atoms with E-state index < -0.39 is 23.3 Å². The average Bonchev–Trinajstić information content (AvgIpc) is 2.96. The highest BCUT2D eigenvalue weighted by Crippen LogP contribution is 2.28. The highest BCUT2D eigenvalue weighted by Gasteiger charge is 2.32. The molecule has 1 fully saturated rings. The highest BCUT2D eigenvalue weighted by molar-refractivity contribution is 6.23. The van der Waals surface area contributed by atoms with Crippen molar-refractivity contribution in [1.82, 2.24) is 9.88 Å². The van der Waals surface area contributed by atoms with Gasteiger partial charge in [-0.15, -0.1) is 0 Å². The van der Waals surface area contributed by atoms with Gasteiger partial charge < -0.3 is 15.7 Å². The lowest BCUT2D eigenvalue weighted by atomic mass is 10.1. The standard InChI is InChI=1S/C19H18N4O5/c20-16-15-12(17(25)21-18(15)26)9-14(24)23(16)10-4-5-13(11(8-10)19(27)28)22-6-2-1-3-7-22/h4-5,8-9H,1-3,6-7,20H2,(H,27,28)(H,21,25,26). The first kappa shape index (κ1) is 17.8. The smallest absolute Gasteiger partial charge is 0.337 e. The molecule has 2 amide bonds. The molecule has 4 rings (SSSR count). The van der Waals surface area contributed by atoms with Crippen molar-refractivity contribution >= 4 is 29.3 Å². The molecule has 2 aliphatic rings. The molecule has 2 aromatic rings. The maximum atomic E-state index is 12.6. The summed E-state index contributed by atoms with van der Waals surface area (Å²) in [5, 5.41) is 11.8. The summed E-state index contributed by atoms with van der Waals surface area (Å²) < 4.78 is 1.05. The first-order valence-electron chi connectivity index (χ1n) is 8.92. The maximum absolute atomic E-state index is 12.6. The monoisotopic (exact) mass is 382 g/mol. The Morgan fingerprint density at radius 2 is 1.75 bits per heavy atom. The number of carboxylic acids is 1. The summed E-state index contributed by atoms with van der Waals surface area (Å²) in [6, 6.07) is 5.64. The molecular formula is C19H18N4O5. The number of nitrogens with zero attached hydrogens (tertiary/aromatic N) is 2. The number of rotatable bonds is 3. The van der Waals surface area contributed by atoms with Gasteiger partial charge >= 0.3 is 5.97 Å². The Bertz CT molecular complexity index is 1080. The van der Waals surface area contributed by atoms with E-state index in [0.717, 1.165) is 43.0 Å². The van der Waals surface area contributed by atoms with Crippen molar-refractivity contribution < 1.29 is 19.5 Å². The largest absolute Gasteiger partial charge is 0.478 e. The number of pyridine rings is 1. The van der Waals surface area contributed by atoms with E-state index in [0.29, 0.717) is 5.69 Å². The SMILES string of the molecule is Nc1c2c(cc(=O)n1-c1ccc(N3CCCCC3)c(C(=O)O)c1)C(=O)NC2=O. The Kier molecular flexibility index (Phi) is 4.14. The van der Waals surface area contributed by atoms with Crippen molar-refractivity contribution in [3.8, 4) is 5.69 Å². The van der Waals surface area contributed by atoms with Gasteiger partial charge in [-0.3, -0.25) is 24.3 Å². The third-order valence-electron chi connectivity index (χ3n) is 5.12. The molecule has 2 aliphatic heterocycles. The van der Waals surface area contributed by atoms with Crippen LogP contribution in [0.25, 0.3) is 5.69 Å².